The number of sulfone groups is 1. The Kier molecular flexibility index (Phi) is 5.51. The number of pyridine rings is 1. The lowest BCUT2D eigenvalue weighted by Crippen LogP contribution is -2.25. The molecule has 5 nitrogen and oxygen atoms in total. The molecule has 2 rings (SSSR count). The minimum Gasteiger partial charge on any atom is -0.350 e. The van der Waals surface area contributed by atoms with Crippen molar-refractivity contribution in [3.05, 3.63) is 59.4 Å². The lowest BCUT2D eigenvalue weighted by Gasteiger charge is -2.06. The Balaban J connectivity index is 1.86. The maximum atomic E-state index is 12.1. The molecule has 0 spiro atoms. The summed E-state index contributed by atoms with van der Waals surface area (Å²) in [6.45, 7) is 0.278. The van der Waals surface area contributed by atoms with Crippen LogP contribution in [0.1, 0.15) is 12.1 Å². The predicted molar refractivity (Wildman–Crippen MR) is 84.2 cm³/mol. The Bertz CT molecular complexity index is 731. The summed E-state index contributed by atoms with van der Waals surface area (Å²) in [6, 6.07) is 11.3. The summed E-state index contributed by atoms with van der Waals surface area (Å²) < 4.78 is 24.2. The molecule has 0 aliphatic heterocycles. The summed E-state index contributed by atoms with van der Waals surface area (Å²) in [7, 11) is -3.49. The fraction of sp³-hybridized carbons (Fsp3) is 0.200. The van der Waals surface area contributed by atoms with E-state index in [-0.39, 0.29) is 29.5 Å². The second kappa shape index (κ2) is 7.38. The molecule has 0 bridgehead atoms. The van der Waals surface area contributed by atoms with E-state index >= 15 is 0 Å². The third kappa shape index (κ3) is 4.82. The molecular weight excluding hydrogens is 324 g/mol. The van der Waals surface area contributed by atoms with Gasteiger partial charge in [-0.05, 0) is 36.4 Å². The zero-order chi connectivity index (χ0) is 16.0. The fourth-order valence-corrected chi connectivity index (χ4v) is 3.13. The minimum atomic E-state index is -3.49. The first-order chi connectivity index (χ1) is 10.5. The lowest BCUT2D eigenvalue weighted by atomic mass is 10.3. The summed E-state index contributed by atoms with van der Waals surface area (Å²) in [5, 5.41) is 3.11. The van der Waals surface area contributed by atoms with Gasteiger partial charge in [-0.2, -0.15) is 0 Å². The van der Waals surface area contributed by atoms with Crippen LogP contribution < -0.4 is 5.32 Å². The van der Waals surface area contributed by atoms with Gasteiger partial charge in [0.2, 0.25) is 5.91 Å². The highest BCUT2D eigenvalue weighted by Gasteiger charge is 2.16. The van der Waals surface area contributed by atoms with Gasteiger partial charge in [-0.25, -0.2) is 8.42 Å². The van der Waals surface area contributed by atoms with Crippen molar-refractivity contribution in [2.45, 2.75) is 17.9 Å². The standard InChI is InChI=1S/C15H15ClN2O3S/c16-12-4-6-14(7-5-12)22(20,21)10-8-15(19)18-11-13-3-1-2-9-17-13/h1-7,9H,8,10-11H2,(H,18,19). The first-order valence-electron chi connectivity index (χ1n) is 6.62. The van der Waals surface area contributed by atoms with Gasteiger partial charge in [0.05, 0.1) is 22.9 Å². The van der Waals surface area contributed by atoms with Crippen molar-refractivity contribution in [3.8, 4) is 0 Å². The summed E-state index contributed by atoms with van der Waals surface area (Å²) in [4.78, 5) is 16.0. The molecule has 0 unspecified atom stereocenters. The van der Waals surface area contributed by atoms with Crippen LogP contribution in [0.5, 0.6) is 0 Å². The molecule has 0 aliphatic carbocycles. The topological polar surface area (TPSA) is 76.1 Å². The van der Waals surface area contributed by atoms with Gasteiger partial charge in [-0.15, -0.1) is 0 Å². The third-order valence-electron chi connectivity index (χ3n) is 2.96. The zero-order valence-electron chi connectivity index (χ0n) is 11.7. The van der Waals surface area contributed by atoms with Crippen molar-refractivity contribution in [1.29, 1.82) is 0 Å². The molecule has 116 valence electrons. The quantitative estimate of drug-likeness (QED) is 0.876. The summed E-state index contributed by atoms with van der Waals surface area (Å²) in [5.74, 6) is -0.578. The number of carbonyl (C=O) groups is 1. The van der Waals surface area contributed by atoms with Crippen molar-refractivity contribution in [3.63, 3.8) is 0 Å². The molecular formula is C15H15ClN2O3S. The van der Waals surface area contributed by atoms with Crippen molar-refractivity contribution >= 4 is 27.3 Å². The third-order valence-corrected chi connectivity index (χ3v) is 4.95. The van der Waals surface area contributed by atoms with Crippen molar-refractivity contribution in [2.75, 3.05) is 5.75 Å². The van der Waals surface area contributed by atoms with Crippen LogP contribution in [-0.2, 0) is 21.2 Å². The molecule has 1 amide bonds. The Morgan fingerprint density at radius 2 is 1.86 bits per heavy atom. The average Bonchev–Trinajstić information content (AvgIpc) is 2.52. The van der Waals surface area contributed by atoms with Gasteiger partial charge in [0.15, 0.2) is 9.84 Å². The molecule has 7 heteroatoms. The molecule has 0 atom stereocenters. The van der Waals surface area contributed by atoms with E-state index < -0.39 is 9.84 Å². The smallest absolute Gasteiger partial charge is 0.221 e. The molecule has 1 aromatic carbocycles. The largest absolute Gasteiger partial charge is 0.350 e. The first-order valence-corrected chi connectivity index (χ1v) is 8.65. The van der Waals surface area contributed by atoms with E-state index in [1.165, 1.54) is 24.3 Å². The number of carbonyl (C=O) groups excluding carboxylic acids is 1. The van der Waals surface area contributed by atoms with Crippen molar-refractivity contribution < 1.29 is 13.2 Å². The van der Waals surface area contributed by atoms with Crippen LogP contribution >= 0.6 is 11.6 Å². The van der Waals surface area contributed by atoms with Gasteiger partial charge < -0.3 is 5.32 Å². The number of nitrogens with zero attached hydrogens (tertiary/aromatic N) is 1. The maximum Gasteiger partial charge on any atom is 0.221 e. The Morgan fingerprint density at radius 1 is 1.14 bits per heavy atom. The second-order valence-electron chi connectivity index (χ2n) is 4.62. The molecule has 0 aliphatic rings. The summed E-state index contributed by atoms with van der Waals surface area (Å²) in [6.07, 6.45) is 1.53. The van der Waals surface area contributed by atoms with Crippen LogP contribution in [0.15, 0.2) is 53.6 Å². The Labute approximate surface area is 134 Å². The molecule has 1 N–H and O–H groups in total. The molecule has 1 heterocycles. The van der Waals surface area contributed by atoms with Crippen LogP contribution in [0.4, 0.5) is 0 Å². The molecule has 0 saturated heterocycles. The van der Waals surface area contributed by atoms with E-state index in [0.29, 0.717) is 5.02 Å². The van der Waals surface area contributed by atoms with Crippen LogP contribution in [0.25, 0.3) is 0 Å². The van der Waals surface area contributed by atoms with Gasteiger partial charge in [0.1, 0.15) is 0 Å². The molecule has 0 saturated carbocycles. The van der Waals surface area contributed by atoms with Crippen LogP contribution in [0.2, 0.25) is 5.02 Å². The highest BCUT2D eigenvalue weighted by atomic mass is 35.5. The molecule has 2 aromatic rings. The van der Waals surface area contributed by atoms with E-state index in [2.05, 4.69) is 10.3 Å². The zero-order valence-corrected chi connectivity index (χ0v) is 13.3. The number of hydrogen-bond donors (Lipinski definition) is 1. The highest BCUT2D eigenvalue weighted by Crippen LogP contribution is 2.15. The van der Waals surface area contributed by atoms with Gasteiger partial charge >= 0.3 is 0 Å². The molecule has 0 fully saturated rings. The number of rotatable bonds is 6. The van der Waals surface area contributed by atoms with Crippen molar-refractivity contribution in [1.82, 2.24) is 10.3 Å². The number of amides is 1. The number of hydrogen-bond acceptors (Lipinski definition) is 4. The van der Waals surface area contributed by atoms with E-state index in [1.54, 1.807) is 18.3 Å². The normalized spacial score (nSPS) is 11.1. The minimum absolute atomic E-state index is 0.0994. The van der Waals surface area contributed by atoms with Gasteiger partial charge in [0, 0.05) is 17.6 Å². The average molecular weight is 339 g/mol. The molecule has 0 radical (unpaired) electrons. The Hall–Kier alpha value is -1.92. The summed E-state index contributed by atoms with van der Waals surface area (Å²) in [5.41, 5.74) is 0.719. The van der Waals surface area contributed by atoms with E-state index in [4.69, 9.17) is 11.6 Å². The van der Waals surface area contributed by atoms with Crippen LogP contribution in [0, 0.1) is 0 Å². The van der Waals surface area contributed by atoms with E-state index in [1.807, 2.05) is 6.07 Å². The number of nitrogens with one attached hydrogen (secondary N) is 1. The van der Waals surface area contributed by atoms with Gasteiger partial charge in [-0.1, -0.05) is 17.7 Å². The summed E-state index contributed by atoms with van der Waals surface area (Å²) >= 11 is 5.72. The van der Waals surface area contributed by atoms with Crippen LogP contribution in [0.3, 0.4) is 0 Å². The number of halogens is 1. The van der Waals surface area contributed by atoms with E-state index in [9.17, 15) is 13.2 Å². The molecule has 22 heavy (non-hydrogen) atoms. The highest BCUT2D eigenvalue weighted by molar-refractivity contribution is 7.91. The maximum absolute atomic E-state index is 12.1. The first kappa shape index (κ1) is 16.5. The fourth-order valence-electron chi connectivity index (χ4n) is 1.77. The van der Waals surface area contributed by atoms with Gasteiger partial charge in [0.25, 0.3) is 0 Å². The van der Waals surface area contributed by atoms with E-state index in [0.717, 1.165) is 5.69 Å². The predicted octanol–water partition coefficient (Wildman–Crippen LogP) is 2.22. The van der Waals surface area contributed by atoms with Crippen molar-refractivity contribution in [2.24, 2.45) is 0 Å². The molecule has 1 aromatic heterocycles. The second-order valence-corrected chi connectivity index (χ2v) is 7.17. The Morgan fingerprint density at radius 3 is 2.50 bits per heavy atom. The SMILES string of the molecule is O=C(CCS(=O)(=O)c1ccc(Cl)cc1)NCc1ccccn1. The lowest BCUT2D eigenvalue weighted by molar-refractivity contribution is -0.120. The van der Waals surface area contributed by atoms with Gasteiger partial charge in [-0.3, -0.25) is 9.78 Å². The number of benzene rings is 1. The number of aromatic nitrogens is 1. The monoisotopic (exact) mass is 338 g/mol. The van der Waals surface area contributed by atoms with Crippen LogP contribution in [-0.4, -0.2) is 25.1 Å².